The summed E-state index contributed by atoms with van der Waals surface area (Å²) in [4.78, 5) is 13.1. The lowest BCUT2D eigenvalue weighted by molar-refractivity contribution is -0.123. The van der Waals surface area contributed by atoms with E-state index in [0.29, 0.717) is 5.92 Å². The molecule has 0 spiro atoms. The van der Waals surface area contributed by atoms with Crippen molar-refractivity contribution in [3.8, 4) is 0 Å². The van der Waals surface area contributed by atoms with Crippen LogP contribution in [0, 0.1) is 5.92 Å². The number of aliphatic hydroxyl groups is 1. The Morgan fingerprint density at radius 2 is 2.46 bits per heavy atom. The number of amides is 1. The molecule has 13 heavy (non-hydrogen) atoms. The average molecular weight is 186 g/mol. The fraction of sp³-hybridized carbons (Fsp3) is 0.889. The predicted octanol–water partition coefficient (Wildman–Crippen LogP) is -0.435. The maximum Gasteiger partial charge on any atom is 0.234 e. The Morgan fingerprint density at radius 1 is 1.77 bits per heavy atom. The minimum Gasteiger partial charge on any atom is -0.396 e. The molecule has 0 saturated carbocycles. The SMILES string of the molecule is CCC(C(N)=O)N1CCC(CO)C1. The van der Waals surface area contributed by atoms with Crippen molar-refractivity contribution in [1.29, 1.82) is 0 Å². The van der Waals surface area contributed by atoms with Gasteiger partial charge in [0.15, 0.2) is 0 Å². The molecule has 0 aromatic carbocycles. The molecule has 1 aliphatic heterocycles. The summed E-state index contributed by atoms with van der Waals surface area (Å²) in [6.07, 6.45) is 1.73. The van der Waals surface area contributed by atoms with E-state index < -0.39 is 0 Å². The largest absolute Gasteiger partial charge is 0.396 e. The van der Waals surface area contributed by atoms with Gasteiger partial charge in [-0.25, -0.2) is 0 Å². The number of primary amides is 1. The van der Waals surface area contributed by atoms with Gasteiger partial charge in [0.25, 0.3) is 0 Å². The molecule has 1 amide bonds. The molecule has 0 aliphatic carbocycles. The van der Waals surface area contributed by atoms with E-state index >= 15 is 0 Å². The van der Waals surface area contributed by atoms with Gasteiger partial charge in [-0.2, -0.15) is 0 Å². The molecule has 4 heteroatoms. The number of rotatable bonds is 4. The summed E-state index contributed by atoms with van der Waals surface area (Å²) in [5.41, 5.74) is 5.27. The molecule has 2 atom stereocenters. The van der Waals surface area contributed by atoms with Crippen molar-refractivity contribution in [2.45, 2.75) is 25.8 Å². The van der Waals surface area contributed by atoms with Crippen molar-refractivity contribution in [1.82, 2.24) is 4.90 Å². The highest BCUT2D eigenvalue weighted by molar-refractivity contribution is 5.79. The molecule has 1 heterocycles. The minimum atomic E-state index is -0.249. The normalized spacial score (nSPS) is 26.2. The molecule has 76 valence electrons. The van der Waals surface area contributed by atoms with Gasteiger partial charge in [0.2, 0.25) is 5.91 Å². The van der Waals surface area contributed by atoms with Gasteiger partial charge in [-0.1, -0.05) is 6.92 Å². The number of carbonyl (C=O) groups is 1. The number of hydrogen-bond donors (Lipinski definition) is 2. The highest BCUT2D eigenvalue weighted by Crippen LogP contribution is 2.19. The zero-order chi connectivity index (χ0) is 9.84. The summed E-state index contributed by atoms with van der Waals surface area (Å²) in [5, 5.41) is 8.93. The zero-order valence-electron chi connectivity index (χ0n) is 8.07. The van der Waals surface area contributed by atoms with Gasteiger partial charge in [-0.15, -0.1) is 0 Å². The van der Waals surface area contributed by atoms with Crippen LogP contribution in [0.5, 0.6) is 0 Å². The van der Waals surface area contributed by atoms with Crippen LogP contribution in [0.1, 0.15) is 19.8 Å². The van der Waals surface area contributed by atoms with Crippen LogP contribution in [-0.4, -0.2) is 41.7 Å². The third kappa shape index (κ3) is 2.42. The predicted molar refractivity (Wildman–Crippen MR) is 50.0 cm³/mol. The molecule has 1 aliphatic rings. The van der Waals surface area contributed by atoms with Gasteiger partial charge in [-0.3, -0.25) is 9.69 Å². The summed E-state index contributed by atoms with van der Waals surface area (Å²) in [6.45, 7) is 3.86. The van der Waals surface area contributed by atoms with Crippen molar-refractivity contribution in [3.63, 3.8) is 0 Å². The summed E-state index contributed by atoms with van der Waals surface area (Å²) in [6, 6.07) is -0.142. The number of carbonyl (C=O) groups excluding carboxylic acids is 1. The first-order valence-electron chi connectivity index (χ1n) is 4.83. The van der Waals surface area contributed by atoms with Gasteiger partial charge in [0.05, 0.1) is 6.04 Å². The van der Waals surface area contributed by atoms with E-state index in [-0.39, 0.29) is 18.6 Å². The van der Waals surface area contributed by atoms with Crippen molar-refractivity contribution in [2.75, 3.05) is 19.7 Å². The van der Waals surface area contributed by atoms with E-state index in [1.165, 1.54) is 0 Å². The van der Waals surface area contributed by atoms with Gasteiger partial charge in [0, 0.05) is 13.2 Å². The van der Waals surface area contributed by atoms with Crippen LogP contribution in [0.25, 0.3) is 0 Å². The third-order valence-corrected chi connectivity index (χ3v) is 2.73. The molecular formula is C9H18N2O2. The maximum atomic E-state index is 11.0. The van der Waals surface area contributed by atoms with Crippen molar-refractivity contribution in [3.05, 3.63) is 0 Å². The summed E-state index contributed by atoms with van der Waals surface area (Å²) in [5.74, 6) is 0.0782. The molecule has 1 fully saturated rings. The number of hydrogen-bond acceptors (Lipinski definition) is 3. The Morgan fingerprint density at radius 3 is 2.85 bits per heavy atom. The number of nitrogens with two attached hydrogens (primary N) is 1. The van der Waals surface area contributed by atoms with E-state index in [9.17, 15) is 4.79 Å². The second-order valence-electron chi connectivity index (χ2n) is 3.66. The minimum absolute atomic E-state index is 0.142. The second-order valence-corrected chi connectivity index (χ2v) is 3.66. The van der Waals surface area contributed by atoms with Crippen LogP contribution in [0.3, 0.4) is 0 Å². The lowest BCUT2D eigenvalue weighted by Crippen LogP contribution is -2.43. The number of likely N-dealkylation sites (tertiary alicyclic amines) is 1. The number of aliphatic hydroxyl groups excluding tert-OH is 1. The Hall–Kier alpha value is -0.610. The Kier molecular flexibility index (Phi) is 3.69. The topological polar surface area (TPSA) is 66.6 Å². The van der Waals surface area contributed by atoms with Crippen LogP contribution < -0.4 is 5.73 Å². The van der Waals surface area contributed by atoms with E-state index in [4.69, 9.17) is 10.8 Å². The van der Waals surface area contributed by atoms with Crippen LogP contribution in [0.4, 0.5) is 0 Å². The van der Waals surface area contributed by atoms with E-state index in [2.05, 4.69) is 4.90 Å². The van der Waals surface area contributed by atoms with Gasteiger partial charge in [0.1, 0.15) is 0 Å². The smallest absolute Gasteiger partial charge is 0.234 e. The van der Waals surface area contributed by atoms with Crippen molar-refractivity contribution < 1.29 is 9.90 Å². The standard InChI is InChI=1S/C9H18N2O2/c1-2-8(9(10)13)11-4-3-7(5-11)6-12/h7-8,12H,2-6H2,1H3,(H2,10,13). The van der Waals surface area contributed by atoms with Gasteiger partial charge < -0.3 is 10.8 Å². The Balaban J connectivity index is 2.48. The van der Waals surface area contributed by atoms with Crippen LogP contribution in [0.15, 0.2) is 0 Å². The molecule has 1 saturated heterocycles. The quantitative estimate of drug-likeness (QED) is 0.625. The zero-order valence-corrected chi connectivity index (χ0v) is 8.07. The summed E-state index contributed by atoms with van der Waals surface area (Å²) >= 11 is 0. The molecule has 4 nitrogen and oxygen atoms in total. The lowest BCUT2D eigenvalue weighted by atomic mass is 10.1. The van der Waals surface area contributed by atoms with Crippen molar-refractivity contribution in [2.24, 2.45) is 11.7 Å². The summed E-state index contributed by atoms with van der Waals surface area (Å²) < 4.78 is 0. The first-order chi connectivity index (χ1) is 6.19. The Bertz CT molecular complexity index is 184. The summed E-state index contributed by atoms with van der Waals surface area (Å²) in [7, 11) is 0. The average Bonchev–Trinajstić information content (AvgIpc) is 2.53. The van der Waals surface area contributed by atoms with Crippen molar-refractivity contribution >= 4 is 5.91 Å². The third-order valence-electron chi connectivity index (χ3n) is 2.73. The molecule has 0 aromatic heterocycles. The molecule has 3 N–H and O–H groups in total. The highest BCUT2D eigenvalue weighted by Gasteiger charge is 2.29. The fourth-order valence-corrected chi connectivity index (χ4v) is 1.93. The molecular weight excluding hydrogens is 168 g/mol. The molecule has 2 unspecified atom stereocenters. The molecule has 0 bridgehead atoms. The van der Waals surface area contributed by atoms with Gasteiger partial charge in [-0.05, 0) is 25.3 Å². The van der Waals surface area contributed by atoms with E-state index in [1.807, 2.05) is 6.92 Å². The highest BCUT2D eigenvalue weighted by atomic mass is 16.3. The monoisotopic (exact) mass is 186 g/mol. The van der Waals surface area contributed by atoms with E-state index in [0.717, 1.165) is 25.9 Å². The first-order valence-corrected chi connectivity index (χ1v) is 4.83. The molecule has 0 aromatic rings. The number of nitrogens with zero attached hydrogens (tertiary/aromatic N) is 1. The fourth-order valence-electron chi connectivity index (χ4n) is 1.93. The van der Waals surface area contributed by atoms with Crippen LogP contribution in [-0.2, 0) is 4.79 Å². The Labute approximate surface area is 78.7 Å². The van der Waals surface area contributed by atoms with Crippen LogP contribution in [0.2, 0.25) is 0 Å². The molecule has 1 rings (SSSR count). The first kappa shape index (κ1) is 10.5. The van der Waals surface area contributed by atoms with Gasteiger partial charge >= 0.3 is 0 Å². The lowest BCUT2D eigenvalue weighted by Gasteiger charge is -2.23. The second kappa shape index (κ2) is 4.58. The molecule has 0 radical (unpaired) electrons. The van der Waals surface area contributed by atoms with Crippen LogP contribution >= 0.6 is 0 Å². The maximum absolute atomic E-state index is 11.0. The van der Waals surface area contributed by atoms with E-state index in [1.54, 1.807) is 0 Å².